The van der Waals surface area contributed by atoms with Gasteiger partial charge in [-0.2, -0.15) is 0 Å². The Hall–Kier alpha value is -3.02. The molecule has 1 heterocycles. The molecule has 100 valence electrons. The monoisotopic (exact) mass is 269 g/mol. The Morgan fingerprint density at radius 3 is 2.60 bits per heavy atom. The van der Waals surface area contributed by atoms with E-state index in [0.717, 1.165) is 0 Å². The van der Waals surface area contributed by atoms with Gasteiger partial charge in [-0.3, -0.25) is 19.9 Å². The fraction of sp³-hybridized carbons (Fsp3) is 0. The minimum absolute atomic E-state index is 0.0194. The molecule has 0 radical (unpaired) electrons. The van der Waals surface area contributed by atoms with Crippen molar-refractivity contribution in [2.75, 3.05) is 5.32 Å². The number of carbonyl (C=O) groups is 1. The molecule has 0 aliphatic carbocycles. The van der Waals surface area contributed by atoms with E-state index in [-0.39, 0.29) is 11.5 Å². The Balaban J connectivity index is 1.96. The first-order valence-corrected chi connectivity index (χ1v) is 5.79. The Morgan fingerprint density at radius 1 is 1.25 bits per heavy atom. The molecular weight excluding hydrogens is 258 g/mol. The number of carbonyl (C=O) groups excluding carboxylic acids is 1. The number of anilines is 1. The summed E-state index contributed by atoms with van der Waals surface area (Å²) in [5.74, 6) is -0.174. The molecule has 0 unspecified atom stereocenters. The first kappa shape index (κ1) is 13.4. The fourth-order valence-electron chi connectivity index (χ4n) is 1.50. The predicted octanol–water partition coefficient (Wildman–Crippen LogP) is 2.80. The zero-order chi connectivity index (χ0) is 14.4. The molecule has 0 spiro atoms. The highest BCUT2D eigenvalue weighted by molar-refractivity contribution is 6.04. The summed E-state index contributed by atoms with van der Waals surface area (Å²) < 4.78 is 0. The third-order valence-corrected chi connectivity index (χ3v) is 2.51. The van der Waals surface area contributed by atoms with E-state index in [1.54, 1.807) is 30.5 Å². The number of nitro groups is 1. The zero-order valence-electron chi connectivity index (χ0n) is 10.4. The van der Waals surface area contributed by atoms with Gasteiger partial charge in [0.25, 0.3) is 5.69 Å². The predicted molar refractivity (Wildman–Crippen MR) is 74.4 cm³/mol. The molecule has 1 N–H and O–H groups in total. The highest BCUT2D eigenvalue weighted by Gasteiger charge is 2.03. The van der Waals surface area contributed by atoms with E-state index in [9.17, 15) is 14.9 Å². The molecule has 2 aromatic rings. The average molecular weight is 269 g/mol. The molecule has 2 rings (SSSR count). The van der Waals surface area contributed by atoms with Crippen molar-refractivity contribution in [2.45, 2.75) is 0 Å². The van der Waals surface area contributed by atoms with Crippen LogP contribution in [0.1, 0.15) is 10.4 Å². The van der Waals surface area contributed by atoms with E-state index in [1.165, 1.54) is 30.6 Å². The first-order valence-electron chi connectivity index (χ1n) is 5.79. The van der Waals surface area contributed by atoms with Crippen LogP contribution in [0.15, 0.2) is 61.1 Å². The summed E-state index contributed by atoms with van der Waals surface area (Å²) in [6, 6.07) is 9.27. The summed E-state index contributed by atoms with van der Waals surface area (Å²) in [5.41, 5.74) is 1.17. The number of nitrogens with zero attached hydrogens (tertiary/aromatic N) is 2. The Morgan fingerprint density at radius 2 is 2.00 bits per heavy atom. The van der Waals surface area contributed by atoms with Crippen LogP contribution in [-0.4, -0.2) is 15.7 Å². The van der Waals surface area contributed by atoms with E-state index in [0.29, 0.717) is 11.3 Å². The molecule has 0 atom stereocenters. The summed E-state index contributed by atoms with van der Waals surface area (Å²) in [4.78, 5) is 25.6. The molecule has 6 heteroatoms. The van der Waals surface area contributed by atoms with Crippen LogP contribution < -0.4 is 5.32 Å². The van der Waals surface area contributed by atoms with Gasteiger partial charge in [-0.25, -0.2) is 0 Å². The van der Waals surface area contributed by atoms with Crippen molar-refractivity contribution in [3.63, 3.8) is 0 Å². The summed E-state index contributed by atoms with van der Waals surface area (Å²) in [5, 5.41) is 13.4. The molecule has 0 aliphatic heterocycles. The number of benzene rings is 1. The van der Waals surface area contributed by atoms with Crippen molar-refractivity contribution in [2.24, 2.45) is 0 Å². The Kier molecular flexibility index (Phi) is 4.18. The second-order valence-electron chi connectivity index (χ2n) is 3.89. The number of hydrogen-bond donors (Lipinski definition) is 1. The minimum atomic E-state index is -0.467. The second-order valence-corrected chi connectivity index (χ2v) is 3.89. The van der Waals surface area contributed by atoms with E-state index in [4.69, 9.17) is 0 Å². The van der Waals surface area contributed by atoms with Crippen molar-refractivity contribution in [1.82, 2.24) is 4.98 Å². The number of nitrogens with one attached hydrogen (secondary N) is 1. The lowest BCUT2D eigenvalue weighted by atomic mass is 10.2. The molecule has 1 aromatic heterocycles. The quantitative estimate of drug-likeness (QED) is 0.390. The molecule has 1 aromatic carbocycles. The van der Waals surface area contributed by atoms with Crippen molar-refractivity contribution in [3.8, 4) is 0 Å². The number of non-ortho nitro benzene ring substituents is 1. The molecule has 0 bridgehead atoms. The van der Waals surface area contributed by atoms with E-state index < -0.39 is 4.92 Å². The van der Waals surface area contributed by atoms with Gasteiger partial charge in [-0.15, -0.1) is 0 Å². The number of pyridine rings is 1. The highest BCUT2D eigenvalue weighted by atomic mass is 16.6. The van der Waals surface area contributed by atoms with Crippen LogP contribution in [0.25, 0.3) is 0 Å². The fourth-order valence-corrected chi connectivity index (χ4v) is 1.50. The van der Waals surface area contributed by atoms with Crippen molar-refractivity contribution in [1.29, 1.82) is 0 Å². The average Bonchev–Trinajstić information content (AvgIpc) is 2.48. The van der Waals surface area contributed by atoms with Crippen molar-refractivity contribution >= 4 is 17.2 Å². The van der Waals surface area contributed by atoms with Gasteiger partial charge in [0, 0.05) is 48.1 Å². The van der Waals surface area contributed by atoms with Crippen LogP contribution in [0.4, 0.5) is 11.4 Å². The summed E-state index contributed by atoms with van der Waals surface area (Å²) in [7, 11) is 0. The summed E-state index contributed by atoms with van der Waals surface area (Å²) in [6.07, 6.45) is 5.93. The molecule has 0 fully saturated rings. The summed E-state index contributed by atoms with van der Waals surface area (Å²) in [6.45, 7) is 0. The third-order valence-electron chi connectivity index (χ3n) is 2.51. The lowest BCUT2D eigenvalue weighted by Gasteiger charge is -1.99. The van der Waals surface area contributed by atoms with Gasteiger partial charge in [0.2, 0.25) is 0 Å². The number of rotatable bonds is 5. The van der Waals surface area contributed by atoms with Crippen LogP contribution >= 0.6 is 0 Å². The maximum atomic E-state index is 11.7. The van der Waals surface area contributed by atoms with E-state index in [1.807, 2.05) is 0 Å². The lowest BCUT2D eigenvalue weighted by molar-refractivity contribution is -0.384. The van der Waals surface area contributed by atoms with Crippen LogP contribution in [0.2, 0.25) is 0 Å². The smallest absolute Gasteiger partial charge is 0.269 e. The molecule has 20 heavy (non-hydrogen) atoms. The number of nitro benzene ring substituents is 1. The number of allylic oxidation sites excluding steroid dienone is 1. The second kappa shape index (κ2) is 6.24. The van der Waals surface area contributed by atoms with Crippen molar-refractivity contribution < 1.29 is 9.72 Å². The van der Waals surface area contributed by atoms with Crippen LogP contribution in [0.3, 0.4) is 0 Å². The van der Waals surface area contributed by atoms with Gasteiger partial charge in [0.1, 0.15) is 0 Å². The minimum Gasteiger partial charge on any atom is -0.362 e. The highest BCUT2D eigenvalue weighted by Crippen LogP contribution is 2.15. The van der Waals surface area contributed by atoms with Gasteiger partial charge >= 0.3 is 0 Å². The van der Waals surface area contributed by atoms with Crippen LogP contribution in [-0.2, 0) is 0 Å². The summed E-state index contributed by atoms with van der Waals surface area (Å²) >= 11 is 0. The molecule has 0 saturated heterocycles. The van der Waals surface area contributed by atoms with E-state index in [2.05, 4.69) is 10.3 Å². The number of ketones is 1. The maximum Gasteiger partial charge on any atom is 0.269 e. The number of hydrogen-bond acceptors (Lipinski definition) is 5. The van der Waals surface area contributed by atoms with Gasteiger partial charge < -0.3 is 5.32 Å². The standard InChI is InChI=1S/C14H11N3O3/c18-14(11-2-1-8-15-10-11)7-9-16-12-3-5-13(6-4-12)17(19)20/h1-10,16H/b9-7+. The largest absolute Gasteiger partial charge is 0.362 e. The lowest BCUT2D eigenvalue weighted by Crippen LogP contribution is -1.96. The molecule has 0 amide bonds. The third kappa shape index (κ3) is 3.49. The van der Waals surface area contributed by atoms with Crippen molar-refractivity contribution in [3.05, 3.63) is 76.7 Å². The molecular formula is C14H11N3O3. The van der Waals surface area contributed by atoms with Crippen LogP contribution in [0, 0.1) is 10.1 Å². The van der Waals surface area contributed by atoms with Gasteiger partial charge in [0.15, 0.2) is 5.78 Å². The van der Waals surface area contributed by atoms with Crippen LogP contribution in [0.5, 0.6) is 0 Å². The number of aromatic nitrogens is 1. The molecule has 6 nitrogen and oxygen atoms in total. The SMILES string of the molecule is O=C(/C=C/Nc1ccc([N+](=O)[O-])cc1)c1cccnc1. The van der Waals surface area contributed by atoms with Gasteiger partial charge in [0.05, 0.1) is 4.92 Å². The first-order chi connectivity index (χ1) is 9.66. The normalized spacial score (nSPS) is 10.4. The Bertz CT molecular complexity index is 636. The zero-order valence-corrected chi connectivity index (χ0v) is 10.4. The molecule has 0 aliphatic rings. The topological polar surface area (TPSA) is 85.1 Å². The maximum absolute atomic E-state index is 11.7. The van der Waals surface area contributed by atoms with E-state index >= 15 is 0 Å². The van der Waals surface area contributed by atoms with Gasteiger partial charge in [-0.05, 0) is 24.3 Å². The van der Waals surface area contributed by atoms with Gasteiger partial charge in [-0.1, -0.05) is 0 Å². The Labute approximate surface area is 114 Å². The molecule has 0 saturated carbocycles.